The molecule has 1 aliphatic rings. The summed E-state index contributed by atoms with van der Waals surface area (Å²) in [4.78, 5) is 0. The Morgan fingerprint density at radius 2 is 1.79 bits per heavy atom. The molecule has 1 saturated heterocycles. The summed E-state index contributed by atoms with van der Waals surface area (Å²) in [5.74, 6) is -0.490. The quantitative estimate of drug-likeness (QED) is 0.596. The second kappa shape index (κ2) is 3.46. The second-order valence-corrected chi connectivity index (χ2v) is 5.24. The van der Waals surface area contributed by atoms with Gasteiger partial charge in [0.2, 0.25) is 0 Å². The minimum absolute atomic E-state index is 0.290. The van der Waals surface area contributed by atoms with E-state index in [-0.39, 0.29) is 0 Å². The van der Waals surface area contributed by atoms with Crippen molar-refractivity contribution in [2.24, 2.45) is 0 Å². The number of para-hydroxylation sites is 1. The van der Waals surface area contributed by atoms with E-state index in [4.69, 9.17) is 44.3 Å². The molecule has 1 aliphatic heterocycles. The summed E-state index contributed by atoms with van der Waals surface area (Å²) in [6.07, 6.45) is 0. The third-order valence-electron chi connectivity index (χ3n) is 1.86. The molecule has 0 saturated carbocycles. The highest BCUT2D eigenvalue weighted by Crippen LogP contribution is 2.49. The van der Waals surface area contributed by atoms with Gasteiger partial charge < -0.3 is 9.47 Å². The molecule has 1 atom stereocenters. The van der Waals surface area contributed by atoms with Crippen LogP contribution in [0.2, 0.25) is 0 Å². The summed E-state index contributed by atoms with van der Waals surface area (Å²) in [6.45, 7) is 0.290. The van der Waals surface area contributed by atoms with Gasteiger partial charge >= 0.3 is 0 Å². The van der Waals surface area contributed by atoms with Crippen LogP contribution in [0, 0.1) is 0 Å². The third-order valence-corrected chi connectivity index (χ3v) is 2.73. The smallest absolute Gasteiger partial charge is 0.282 e. The fourth-order valence-corrected chi connectivity index (χ4v) is 1.47. The molecule has 14 heavy (non-hydrogen) atoms. The van der Waals surface area contributed by atoms with Crippen LogP contribution in [-0.2, 0) is 4.74 Å². The lowest BCUT2D eigenvalue weighted by Gasteiger charge is -2.21. The molecular formula is C9H7Cl3O2. The number of ether oxygens (including phenoxy) is 2. The number of halogens is 3. The van der Waals surface area contributed by atoms with E-state index in [9.17, 15) is 0 Å². The van der Waals surface area contributed by atoms with Crippen LogP contribution in [0.5, 0.6) is 5.75 Å². The van der Waals surface area contributed by atoms with Gasteiger partial charge in [0.15, 0.2) is 0 Å². The summed E-state index contributed by atoms with van der Waals surface area (Å²) in [7, 11) is 0. The molecule has 1 aromatic rings. The average molecular weight is 254 g/mol. The molecule has 0 amide bonds. The van der Waals surface area contributed by atoms with Crippen molar-refractivity contribution in [2.45, 2.75) is 9.58 Å². The Morgan fingerprint density at radius 1 is 1.21 bits per heavy atom. The van der Waals surface area contributed by atoms with Crippen LogP contribution in [0.4, 0.5) is 0 Å². The molecule has 0 aromatic heterocycles. The molecule has 5 heteroatoms. The normalized spacial score (nSPS) is 25.9. The summed E-state index contributed by atoms with van der Waals surface area (Å²) < 4.78 is 8.94. The summed E-state index contributed by atoms with van der Waals surface area (Å²) in [6, 6.07) is 9.11. The number of epoxide rings is 1. The molecule has 1 heterocycles. The molecule has 0 radical (unpaired) electrons. The predicted molar refractivity (Wildman–Crippen MR) is 56.0 cm³/mol. The number of hydrogen-bond donors (Lipinski definition) is 0. The first-order valence-electron chi connectivity index (χ1n) is 3.98. The minimum atomic E-state index is -1.57. The van der Waals surface area contributed by atoms with E-state index in [0.717, 1.165) is 0 Å². The van der Waals surface area contributed by atoms with Crippen molar-refractivity contribution in [3.8, 4) is 5.75 Å². The van der Waals surface area contributed by atoms with Crippen molar-refractivity contribution in [2.75, 3.05) is 6.61 Å². The Bertz CT molecular complexity index is 317. The van der Waals surface area contributed by atoms with E-state index >= 15 is 0 Å². The lowest BCUT2D eigenvalue weighted by molar-refractivity contribution is 0.0656. The molecule has 0 N–H and O–H groups in total. The second-order valence-electron chi connectivity index (χ2n) is 2.95. The van der Waals surface area contributed by atoms with Crippen LogP contribution in [-0.4, -0.2) is 16.2 Å². The van der Waals surface area contributed by atoms with E-state index in [1.165, 1.54) is 0 Å². The SMILES string of the molecule is ClC(Cl)(Cl)C1(Oc2ccccc2)CO1. The van der Waals surface area contributed by atoms with E-state index in [0.29, 0.717) is 12.4 Å². The van der Waals surface area contributed by atoms with Gasteiger partial charge in [-0.15, -0.1) is 0 Å². The summed E-state index contributed by atoms with van der Waals surface area (Å²) in [5, 5.41) is 0. The van der Waals surface area contributed by atoms with Gasteiger partial charge in [-0.2, -0.15) is 0 Å². The Kier molecular flexibility index (Phi) is 2.56. The molecule has 1 fully saturated rings. The monoisotopic (exact) mass is 252 g/mol. The zero-order valence-electron chi connectivity index (χ0n) is 7.04. The van der Waals surface area contributed by atoms with Gasteiger partial charge in [0.25, 0.3) is 9.58 Å². The van der Waals surface area contributed by atoms with Crippen LogP contribution >= 0.6 is 34.8 Å². The number of alkyl halides is 3. The first-order valence-corrected chi connectivity index (χ1v) is 5.12. The zero-order chi connectivity index (χ0) is 10.2. The Balaban J connectivity index is 2.13. The minimum Gasteiger partial charge on any atom is -0.455 e. The van der Waals surface area contributed by atoms with Crippen molar-refractivity contribution < 1.29 is 9.47 Å². The van der Waals surface area contributed by atoms with Crippen LogP contribution < -0.4 is 4.74 Å². The van der Waals surface area contributed by atoms with Crippen molar-refractivity contribution >= 4 is 34.8 Å². The first kappa shape index (κ1) is 10.4. The van der Waals surface area contributed by atoms with Crippen LogP contribution in [0.3, 0.4) is 0 Å². The van der Waals surface area contributed by atoms with E-state index in [1.807, 2.05) is 18.2 Å². The number of hydrogen-bond acceptors (Lipinski definition) is 2. The topological polar surface area (TPSA) is 21.8 Å². The molecule has 1 unspecified atom stereocenters. The summed E-state index contributed by atoms with van der Waals surface area (Å²) in [5.41, 5.74) is 0. The van der Waals surface area contributed by atoms with E-state index < -0.39 is 9.58 Å². The highest BCUT2D eigenvalue weighted by Gasteiger charge is 2.63. The molecule has 2 nitrogen and oxygen atoms in total. The molecule has 0 aliphatic carbocycles. The Morgan fingerprint density at radius 3 is 2.21 bits per heavy atom. The molecular weight excluding hydrogens is 246 g/mol. The molecule has 2 rings (SSSR count). The Hall–Kier alpha value is -0.150. The maximum atomic E-state index is 5.72. The van der Waals surface area contributed by atoms with Crippen molar-refractivity contribution in [3.05, 3.63) is 30.3 Å². The molecule has 0 spiro atoms. The average Bonchev–Trinajstić information content (AvgIpc) is 2.86. The van der Waals surface area contributed by atoms with Gasteiger partial charge in [-0.3, -0.25) is 0 Å². The fourth-order valence-electron chi connectivity index (χ4n) is 1.02. The van der Waals surface area contributed by atoms with E-state index in [2.05, 4.69) is 0 Å². The first-order chi connectivity index (χ1) is 6.54. The Labute approximate surface area is 96.7 Å². The van der Waals surface area contributed by atoms with Gasteiger partial charge in [0.1, 0.15) is 12.4 Å². The zero-order valence-corrected chi connectivity index (χ0v) is 9.31. The van der Waals surface area contributed by atoms with Gasteiger partial charge in [-0.25, -0.2) is 0 Å². The largest absolute Gasteiger partial charge is 0.455 e. The lowest BCUT2D eigenvalue weighted by atomic mass is 10.3. The summed E-state index contributed by atoms with van der Waals surface area (Å²) >= 11 is 17.2. The van der Waals surface area contributed by atoms with Crippen molar-refractivity contribution in [1.82, 2.24) is 0 Å². The van der Waals surface area contributed by atoms with Gasteiger partial charge in [-0.1, -0.05) is 53.0 Å². The maximum Gasteiger partial charge on any atom is 0.282 e. The number of benzene rings is 1. The van der Waals surface area contributed by atoms with Crippen LogP contribution in [0.25, 0.3) is 0 Å². The van der Waals surface area contributed by atoms with Gasteiger partial charge in [0.05, 0.1) is 0 Å². The molecule has 1 aromatic carbocycles. The van der Waals surface area contributed by atoms with Crippen LogP contribution in [0.1, 0.15) is 0 Å². The highest BCUT2D eigenvalue weighted by atomic mass is 35.6. The highest BCUT2D eigenvalue weighted by molar-refractivity contribution is 6.68. The van der Waals surface area contributed by atoms with Crippen LogP contribution in [0.15, 0.2) is 30.3 Å². The maximum absolute atomic E-state index is 5.72. The van der Waals surface area contributed by atoms with Gasteiger partial charge in [-0.05, 0) is 12.1 Å². The molecule has 0 bridgehead atoms. The fraction of sp³-hybridized carbons (Fsp3) is 0.333. The predicted octanol–water partition coefficient (Wildman–Crippen LogP) is 3.16. The standard InChI is InChI=1S/C9H7Cl3O2/c10-9(11,12)8(6-13-8)14-7-4-2-1-3-5-7/h1-5H,6H2. The van der Waals surface area contributed by atoms with Crippen molar-refractivity contribution in [3.63, 3.8) is 0 Å². The number of rotatable bonds is 2. The third kappa shape index (κ3) is 1.94. The van der Waals surface area contributed by atoms with E-state index in [1.54, 1.807) is 12.1 Å². The van der Waals surface area contributed by atoms with Crippen molar-refractivity contribution in [1.29, 1.82) is 0 Å². The molecule has 76 valence electrons. The van der Waals surface area contributed by atoms with Gasteiger partial charge in [0, 0.05) is 0 Å². The lowest BCUT2D eigenvalue weighted by Crippen LogP contribution is -2.35.